The molecule has 0 spiro atoms. The lowest BCUT2D eigenvalue weighted by Crippen LogP contribution is -2.67. The number of rotatable bonds is 19. The normalized spacial score (nSPS) is 24.5. The fourth-order valence-electron chi connectivity index (χ4n) is 9.45. The number of nitrogens with one attached hydrogen (secondary N) is 6. The number of aromatic hydroxyl groups is 2. The number of nitrogens with zero attached hydrogens (tertiary/aromatic N) is 2. The fraction of sp³-hybridized carbons (Fsp3) is 0.500. The first kappa shape index (κ1) is 64.6. The third-order valence-corrected chi connectivity index (χ3v) is 14.5. The number of nitrogens with two attached hydrogens (primary N) is 1. The van der Waals surface area contributed by atoms with Gasteiger partial charge in [-0.25, -0.2) is 4.79 Å². The minimum atomic E-state index is -2.03. The second kappa shape index (κ2) is 29.5. The van der Waals surface area contributed by atoms with Crippen LogP contribution in [0.3, 0.4) is 0 Å². The summed E-state index contributed by atoms with van der Waals surface area (Å²) in [5.74, 6) is -11.8. The van der Waals surface area contributed by atoms with Crippen molar-refractivity contribution in [2.45, 2.75) is 165 Å². The molecule has 4 unspecified atom stereocenters. The smallest absolute Gasteiger partial charge is 0.329 e. The first-order chi connectivity index (χ1) is 38.7. The van der Waals surface area contributed by atoms with Crippen LogP contribution >= 0.6 is 0 Å². The van der Waals surface area contributed by atoms with Crippen molar-refractivity contribution in [2.24, 2.45) is 11.7 Å². The third-order valence-electron chi connectivity index (χ3n) is 14.5. The Labute approximate surface area is 473 Å². The van der Waals surface area contributed by atoms with E-state index < -0.39 is 157 Å². The summed E-state index contributed by atoms with van der Waals surface area (Å²) in [5.41, 5.74) is 6.76. The van der Waals surface area contributed by atoms with Crippen LogP contribution in [0, 0.1) is 5.92 Å². The monoisotopic (exact) mass is 1150 g/mol. The summed E-state index contributed by atoms with van der Waals surface area (Å²) in [6.45, 7) is 6.81. The predicted molar refractivity (Wildman–Crippen MR) is 291 cm³/mol. The number of hydrogen-bond acceptors (Lipinski definition) is 17. The number of likely N-dealkylation sites (N-methyl/N-ethyl adjacent to an activating group) is 1. The van der Waals surface area contributed by atoms with Crippen LogP contribution in [0.15, 0.2) is 78.9 Å². The van der Waals surface area contributed by atoms with Crippen LogP contribution in [-0.4, -0.2) is 186 Å². The summed E-state index contributed by atoms with van der Waals surface area (Å²) in [7, 11) is 1.25. The summed E-state index contributed by atoms with van der Waals surface area (Å²) >= 11 is 0. The number of piperidine rings is 1. The zero-order valence-electron chi connectivity index (χ0n) is 46.4. The lowest BCUT2D eigenvalue weighted by atomic mass is 9.96. The Morgan fingerprint density at radius 3 is 1.90 bits per heavy atom. The number of aliphatic hydroxyl groups excluding tert-OH is 4. The second-order valence-corrected chi connectivity index (χ2v) is 20.8. The van der Waals surface area contributed by atoms with Crippen molar-refractivity contribution in [3.63, 3.8) is 0 Å². The largest absolute Gasteiger partial charge is 0.508 e. The molecule has 2 aliphatic rings. The molecule has 82 heavy (non-hydrogen) atoms. The first-order valence-corrected chi connectivity index (χ1v) is 26.9. The maximum atomic E-state index is 14.9. The Balaban J connectivity index is 1.59. The second-order valence-electron chi connectivity index (χ2n) is 20.8. The first-order valence-electron chi connectivity index (χ1n) is 26.9. The van der Waals surface area contributed by atoms with Crippen LogP contribution in [0.1, 0.15) is 83.4 Å². The molecular formula is C56H75N9O17. The number of benzene rings is 3. The number of phenols is 2. The molecule has 0 saturated carbocycles. The number of phenolic OH excluding ortho intramolecular Hbond substituents is 2. The van der Waals surface area contributed by atoms with Gasteiger partial charge >= 0.3 is 5.97 Å². The van der Waals surface area contributed by atoms with Gasteiger partial charge in [0.1, 0.15) is 78.3 Å². The van der Waals surface area contributed by atoms with Gasteiger partial charge in [0.15, 0.2) is 0 Å². The van der Waals surface area contributed by atoms with Gasteiger partial charge in [0.25, 0.3) is 0 Å². The van der Waals surface area contributed by atoms with Crippen molar-refractivity contribution in [2.75, 3.05) is 7.05 Å². The van der Waals surface area contributed by atoms with Gasteiger partial charge in [0.2, 0.25) is 53.2 Å². The zero-order chi connectivity index (χ0) is 60.7. The molecule has 2 heterocycles. The molecule has 9 amide bonds. The highest BCUT2D eigenvalue weighted by molar-refractivity contribution is 5.99. The van der Waals surface area contributed by atoms with Crippen LogP contribution in [0.4, 0.5) is 0 Å². The standard InChI is InChI=1S/C56H75N9O17/c1-7-28(2)44-56(81)82-31(5)46(63-48(73)37(21-23-42(57)71)58-52(77)45(29(3)66)62-51(76)41(70)27-34-15-19-36(69)20-16-34)53(78)60-39(25-33-13-17-35(68)18-14-33)49(74)59-38-22-24-43(72)65(54(38)79)47(30(4)67)55(80)64(6)40(50(75)61-44)26-32-11-9-8-10-12-32/h8-20,28-31,37-41,43-47,66-70,72H,7,21-27H2,1-6H3,(H2,57,71)(H,58,77)(H,59,74)(H,60,78)(H,61,75)(H,62,76)(H,63,73)/t28-,29?,30+,31-,37?,38-,39-,40-,41?,43+,44-,45?,46-,47-/m0/s1. The molecule has 26 heteroatoms. The quantitative estimate of drug-likeness (QED) is 0.0554. The van der Waals surface area contributed by atoms with E-state index in [2.05, 4.69) is 31.9 Å². The number of carbonyl (C=O) groups is 10. The average molecular weight is 1150 g/mol. The molecular weight excluding hydrogens is 1070 g/mol. The van der Waals surface area contributed by atoms with Crippen LogP contribution in [0.5, 0.6) is 11.5 Å². The molecule has 14 atom stereocenters. The highest BCUT2D eigenvalue weighted by Gasteiger charge is 2.47. The highest BCUT2D eigenvalue weighted by Crippen LogP contribution is 2.25. The highest BCUT2D eigenvalue weighted by atomic mass is 16.5. The zero-order valence-corrected chi connectivity index (χ0v) is 46.4. The predicted octanol–water partition coefficient (Wildman–Crippen LogP) is -2.45. The number of fused-ring (bicyclic) bond motifs is 2. The van der Waals surface area contributed by atoms with Crippen molar-refractivity contribution < 1.29 is 83.3 Å². The van der Waals surface area contributed by atoms with Gasteiger partial charge in [0, 0.05) is 32.7 Å². The Morgan fingerprint density at radius 2 is 1.33 bits per heavy atom. The van der Waals surface area contributed by atoms with E-state index in [-0.39, 0.29) is 50.0 Å². The fourth-order valence-corrected chi connectivity index (χ4v) is 9.45. The Bertz CT molecular complexity index is 2750. The van der Waals surface area contributed by atoms with E-state index in [9.17, 15) is 78.6 Å². The van der Waals surface area contributed by atoms with E-state index in [1.807, 2.05) is 0 Å². The van der Waals surface area contributed by atoms with Gasteiger partial charge < -0.3 is 82.8 Å². The number of hydrogen-bond donors (Lipinski definition) is 13. The maximum Gasteiger partial charge on any atom is 0.329 e. The number of cyclic esters (lactones) is 1. The topological polar surface area (TPSA) is 406 Å². The van der Waals surface area contributed by atoms with E-state index in [0.717, 1.165) is 16.7 Å². The molecule has 446 valence electrons. The van der Waals surface area contributed by atoms with Crippen molar-refractivity contribution in [1.82, 2.24) is 41.7 Å². The van der Waals surface area contributed by atoms with Crippen LogP contribution in [0.2, 0.25) is 0 Å². The van der Waals surface area contributed by atoms with Crippen molar-refractivity contribution in [1.29, 1.82) is 0 Å². The summed E-state index contributed by atoms with van der Waals surface area (Å²) in [5, 5.41) is 78.5. The lowest BCUT2D eigenvalue weighted by Gasteiger charge is -2.43. The summed E-state index contributed by atoms with van der Waals surface area (Å²) in [6, 6.07) is 5.69. The Kier molecular flexibility index (Phi) is 23.2. The number of aliphatic hydroxyl groups is 4. The number of ether oxygens (including phenoxy) is 1. The Hall–Kier alpha value is -8.20. The van der Waals surface area contributed by atoms with E-state index in [0.29, 0.717) is 16.7 Å². The minimum absolute atomic E-state index is 0.0759. The minimum Gasteiger partial charge on any atom is -0.508 e. The molecule has 2 saturated heterocycles. The molecule has 3 aromatic carbocycles. The Morgan fingerprint density at radius 1 is 0.732 bits per heavy atom. The van der Waals surface area contributed by atoms with E-state index in [1.165, 1.54) is 69.4 Å². The number of esters is 1. The van der Waals surface area contributed by atoms with E-state index >= 15 is 0 Å². The van der Waals surface area contributed by atoms with Gasteiger partial charge in [-0.2, -0.15) is 0 Å². The maximum absolute atomic E-state index is 14.9. The molecule has 0 aromatic heterocycles. The van der Waals surface area contributed by atoms with Crippen LogP contribution in [0.25, 0.3) is 0 Å². The molecule has 0 radical (unpaired) electrons. The van der Waals surface area contributed by atoms with Gasteiger partial charge in [-0.1, -0.05) is 74.9 Å². The van der Waals surface area contributed by atoms with Crippen molar-refractivity contribution >= 4 is 59.1 Å². The molecule has 14 N–H and O–H groups in total. The summed E-state index contributed by atoms with van der Waals surface area (Å²) < 4.78 is 5.92. The lowest BCUT2D eigenvalue weighted by molar-refractivity contribution is -0.170. The number of carbonyl (C=O) groups excluding carboxylic acids is 10. The summed E-state index contributed by atoms with van der Waals surface area (Å²) in [4.78, 5) is 144. The van der Waals surface area contributed by atoms with Crippen LogP contribution in [-0.2, 0) is 71.9 Å². The summed E-state index contributed by atoms with van der Waals surface area (Å²) in [6.07, 6.45) is -10.7. The molecule has 2 bridgehead atoms. The molecule has 0 aliphatic carbocycles. The van der Waals surface area contributed by atoms with Crippen LogP contribution < -0.4 is 37.6 Å². The van der Waals surface area contributed by atoms with E-state index in [4.69, 9.17) is 10.5 Å². The van der Waals surface area contributed by atoms with Gasteiger partial charge in [-0.05, 0) is 86.9 Å². The van der Waals surface area contributed by atoms with Gasteiger partial charge in [0.05, 0.1) is 12.2 Å². The third kappa shape index (κ3) is 17.4. The van der Waals surface area contributed by atoms with Crippen molar-refractivity contribution in [3.8, 4) is 11.5 Å². The van der Waals surface area contributed by atoms with Gasteiger partial charge in [-0.3, -0.25) is 43.2 Å². The molecule has 2 fully saturated rings. The van der Waals surface area contributed by atoms with Crippen molar-refractivity contribution in [3.05, 3.63) is 95.6 Å². The van der Waals surface area contributed by atoms with E-state index in [1.54, 1.807) is 44.2 Å². The van der Waals surface area contributed by atoms with Gasteiger partial charge in [-0.15, -0.1) is 0 Å². The molecule has 5 rings (SSSR count). The molecule has 3 aromatic rings. The number of primary amides is 1. The number of amides is 9. The molecule has 2 aliphatic heterocycles. The molecule has 26 nitrogen and oxygen atoms in total. The average Bonchev–Trinajstić information content (AvgIpc) is 3.52. The SMILES string of the molecule is CC[C@H](C)[C@@H]1NC(=O)[C@H](Cc2ccccc2)N(C)C(=O)[C@H]([C@@H](C)O)N2C(=O)[C@H](CC[C@H]2O)NC(=O)[C@H](Cc2ccc(O)cc2)NC(=O)[C@@H](NC(=O)C(CCC(N)=O)NC(=O)C(NC(=O)C(O)Cc2ccc(O)cc2)C(C)O)[C@H](C)OC1=O.